The van der Waals surface area contributed by atoms with Crippen molar-refractivity contribution in [2.24, 2.45) is 7.05 Å². The van der Waals surface area contributed by atoms with Gasteiger partial charge >= 0.3 is 0 Å². The fourth-order valence-electron chi connectivity index (χ4n) is 5.92. The summed E-state index contributed by atoms with van der Waals surface area (Å²) in [5, 5.41) is 8.87. The quantitative estimate of drug-likeness (QED) is 0.458. The monoisotopic (exact) mass is 550 g/mol. The molecule has 3 saturated heterocycles. The number of carbonyl (C=O) groups excluding carboxylic acids is 1. The molecular weight excluding hydrogens is 511 g/mol. The number of quaternary nitrogens is 2. The Morgan fingerprint density at radius 1 is 0.950 bits per heavy atom. The summed E-state index contributed by atoms with van der Waals surface area (Å²) in [6.07, 6.45) is 6.28. The van der Waals surface area contributed by atoms with Crippen molar-refractivity contribution in [2.45, 2.75) is 31.5 Å². The maximum absolute atomic E-state index is 14.4. The van der Waals surface area contributed by atoms with Crippen molar-refractivity contribution in [1.82, 2.24) is 14.7 Å². The van der Waals surface area contributed by atoms with E-state index in [2.05, 4.69) is 20.6 Å². The number of ether oxygens (including phenoxy) is 2. The molecule has 2 aromatic carbocycles. The average Bonchev–Trinajstić information content (AvgIpc) is 3.65. The van der Waals surface area contributed by atoms with Crippen LogP contribution in [0, 0.1) is 5.82 Å². The van der Waals surface area contributed by atoms with Crippen LogP contribution in [-0.2, 0) is 7.05 Å². The molecule has 212 valence electrons. The van der Waals surface area contributed by atoms with E-state index >= 15 is 0 Å². The summed E-state index contributed by atoms with van der Waals surface area (Å²) in [4.78, 5) is 17.6. The lowest BCUT2D eigenvalue weighted by atomic mass is 10.0. The van der Waals surface area contributed by atoms with Gasteiger partial charge in [-0.15, -0.1) is 0 Å². The Kier molecular flexibility index (Phi) is 7.88. The average molecular weight is 551 g/mol. The second-order valence-corrected chi connectivity index (χ2v) is 11.1. The second kappa shape index (κ2) is 11.9. The summed E-state index contributed by atoms with van der Waals surface area (Å²) in [5.41, 5.74) is 3.33. The molecule has 4 N–H and O–H groups in total. The molecular formula is C30H39FN6O3+2. The Hall–Kier alpha value is -3.63. The lowest BCUT2D eigenvalue weighted by Gasteiger charge is -2.33. The van der Waals surface area contributed by atoms with Crippen LogP contribution in [0.15, 0.2) is 48.8 Å². The Morgan fingerprint density at radius 2 is 1.77 bits per heavy atom. The van der Waals surface area contributed by atoms with Gasteiger partial charge in [-0.25, -0.2) is 4.39 Å². The Morgan fingerprint density at radius 3 is 2.50 bits per heavy atom. The first kappa shape index (κ1) is 26.6. The molecule has 0 spiro atoms. The number of nitrogens with zero attached hydrogens (tertiary/aromatic N) is 4. The van der Waals surface area contributed by atoms with Crippen molar-refractivity contribution < 1.29 is 29.3 Å². The summed E-state index contributed by atoms with van der Waals surface area (Å²) >= 11 is 0. The van der Waals surface area contributed by atoms with Crippen molar-refractivity contribution in [2.75, 3.05) is 57.3 Å². The van der Waals surface area contributed by atoms with Gasteiger partial charge in [-0.3, -0.25) is 9.48 Å². The molecule has 10 heteroatoms. The van der Waals surface area contributed by atoms with Crippen molar-refractivity contribution >= 4 is 11.6 Å². The molecule has 0 unspecified atom stereocenters. The number of piperazine rings is 1. The SMILES string of the molecule is Cn1cc(-c2cc(C(=O)N3CCC(Oc4cc(F)cc(N5CC[NH2+]CC5)c4)CC3)ccc2O[C@H]2CC[NH2+]C2)cn1. The van der Waals surface area contributed by atoms with E-state index in [4.69, 9.17) is 9.47 Å². The number of hydrogen-bond acceptors (Lipinski definition) is 5. The first-order valence-electron chi connectivity index (χ1n) is 14.5. The lowest BCUT2D eigenvalue weighted by molar-refractivity contribution is -0.655. The number of piperidine rings is 1. The van der Waals surface area contributed by atoms with Gasteiger partial charge in [0.15, 0.2) is 6.10 Å². The van der Waals surface area contributed by atoms with Gasteiger partial charge in [0.1, 0.15) is 30.0 Å². The third kappa shape index (κ3) is 6.08. The van der Waals surface area contributed by atoms with Gasteiger partial charge in [-0.1, -0.05) is 0 Å². The molecule has 6 rings (SSSR count). The third-order valence-electron chi connectivity index (χ3n) is 8.12. The maximum Gasteiger partial charge on any atom is 0.253 e. The summed E-state index contributed by atoms with van der Waals surface area (Å²) in [7, 11) is 1.88. The Bertz CT molecular complexity index is 1330. The van der Waals surface area contributed by atoms with Crippen molar-refractivity contribution in [1.29, 1.82) is 0 Å². The van der Waals surface area contributed by atoms with E-state index in [0.717, 1.165) is 68.3 Å². The Labute approximate surface area is 234 Å². The highest BCUT2D eigenvalue weighted by Gasteiger charge is 2.27. The van der Waals surface area contributed by atoms with Crippen LogP contribution in [0.2, 0.25) is 0 Å². The van der Waals surface area contributed by atoms with E-state index in [1.807, 2.05) is 48.6 Å². The predicted molar refractivity (Wildman–Crippen MR) is 149 cm³/mol. The fraction of sp³-hybridized carbons (Fsp3) is 0.467. The zero-order chi connectivity index (χ0) is 27.5. The van der Waals surface area contributed by atoms with Crippen molar-refractivity contribution in [3.05, 3.63) is 60.2 Å². The summed E-state index contributed by atoms with van der Waals surface area (Å²) < 4.78 is 28.7. The third-order valence-corrected chi connectivity index (χ3v) is 8.12. The highest BCUT2D eigenvalue weighted by molar-refractivity contribution is 5.96. The maximum atomic E-state index is 14.4. The molecule has 4 heterocycles. The number of rotatable bonds is 7. The van der Waals surface area contributed by atoms with Crippen molar-refractivity contribution in [3.63, 3.8) is 0 Å². The number of aryl methyl sites for hydroxylation is 1. The minimum Gasteiger partial charge on any atom is -0.490 e. The van der Waals surface area contributed by atoms with Crippen LogP contribution in [0.5, 0.6) is 11.5 Å². The molecule has 3 fully saturated rings. The van der Waals surface area contributed by atoms with E-state index < -0.39 is 0 Å². The van der Waals surface area contributed by atoms with Crippen LogP contribution in [0.25, 0.3) is 11.1 Å². The van der Waals surface area contributed by atoms with E-state index in [1.165, 1.54) is 6.07 Å². The molecule has 0 saturated carbocycles. The van der Waals surface area contributed by atoms with Gasteiger partial charge in [-0.05, 0) is 24.3 Å². The van der Waals surface area contributed by atoms with Gasteiger partial charge < -0.3 is 29.9 Å². The number of benzene rings is 2. The molecule has 1 amide bonds. The molecule has 3 aromatic rings. The molecule has 40 heavy (non-hydrogen) atoms. The van der Waals surface area contributed by atoms with Crippen LogP contribution < -0.4 is 25.0 Å². The number of nitrogens with two attached hydrogens (primary N) is 2. The number of likely N-dealkylation sites (tertiary alicyclic amines) is 1. The zero-order valence-corrected chi connectivity index (χ0v) is 23.1. The van der Waals surface area contributed by atoms with Crippen molar-refractivity contribution in [3.8, 4) is 22.6 Å². The molecule has 0 aliphatic carbocycles. The van der Waals surface area contributed by atoms with E-state index in [-0.39, 0.29) is 23.9 Å². The smallest absolute Gasteiger partial charge is 0.253 e. The molecule has 0 radical (unpaired) electrons. The number of amides is 1. The first-order valence-corrected chi connectivity index (χ1v) is 14.5. The number of anilines is 1. The van der Waals surface area contributed by atoms with Crippen LogP contribution >= 0.6 is 0 Å². The normalized spacial score (nSPS) is 20.1. The van der Waals surface area contributed by atoms with Gasteiger partial charge in [0, 0.05) is 80.1 Å². The number of aromatic nitrogens is 2. The van der Waals surface area contributed by atoms with Crippen LogP contribution in [0.3, 0.4) is 0 Å². The summed E-state index contributed by atoms with van der Waals surface area (Å²) in [6.45, 7) is 7.02. The van der Waals surface area contributed by atoms with E-state index in [1.54, 1.807) is 10.7 Å². The molecule has 1 aromatic heterocycles. The number of carbonyl (C=O) groups is 1. The summed E-state index contributed by atoms with van der Waals surface area (Å²) in [5.74, 6) is 1.07. The van der Waals surface area contributed by atoms with Crippen LogP contribution in [-0.4, -0.2) is 85.2 Å². The predicted octanol–water partition coefficient (Wildman–Crippen LogP) is 1.01. The van der Waals surface area contributed by atoms with Crippen LogP contribution in [0.1, 0.15) is 29.6 Å². The van der Waals surface area contributed by atoms with Gasteiger partial charge in [0.2, 0.25) is 0 Å². The largest absolute Gasteiger partial charge is 0.490 e. The number of halogens is 1. The molecule has 3 aliphatic rings. The highest BCUT2D eigenvalue weighted by atomic mass is 19.1. The fourth-order valence-corrected chi connectivity index (χ4v) is 5.92. The molecule has 0 bridgehead atoms. The van der Waals surface area contributed by atoms with Gasteiger partial charge in [-0.2, -0.15) is 5.10 Å². The van der Waals surface area contributed by atoms with E-state index in [9.17, 15) is 9.18 Å². The molecule has 3 aliphatic heterocycles. The second-order valence-electron chi connectivity index (χ2n) is 11.1. The zero-order valence-electron chi connectivity index (χ0n) is 23.1. The van der Waals surface area contributed by atoms with Crippen LogP contribution in [0.4, 0.5) is 10.1 Å². The minimum atomic E-state index is -0.280. The van der Waals surface area contributed by atoms with Gasteiger partial charge in [0.25, 0.3) is 5.91 Å². The lowest BCUT2D eigenvalue weighted by Crippen LogP contribution is -2.89. The summed E-state index contributed by atoms with van der Waals surface area (Å²) in [6, 6.07) is 10.7. The minimum absolute atomic E-state index is 0.000662. The molecule has 1 atom stereocenters. The highest BCUT2D eigenvalue weighted by Crippen LogP contribution is 2.33. The Balaban J connectivity index is 1.11. The standard InChI is InChI=1S/C30H37FN6O3/c1-35-20-22(18-34-35)28-14-21(2-3-29(28)40-26-4-7-33-19-26)30(38)37-10-5-25(6-11-37)39-27-16-23(31)15-24(17-27)36-12-8-32-9-13-36/h2-3,14-18,20,25-26,32-33H,4-13,19H2,1H3/p+2/t26-/m0/s1. The number of hydrogen-bond donors (Lipinski definition) is 2. The first-order chi connectivity index (χ1) is 19.5. The molecule has 9 nitrogen and oxygen atoms in total. The topological polar surface area (TPSA) is 93.0 Å². The van der Waals surface area contributed by atoms with E-state index in [0.29, 0.717) is 37.2 Å². The van der Waals surface area contributed by atoms with Gasteiger partial charge in [0.05, 0.1) is 38.9 Å².